The van der Waals surface area contributed by atoms with Crippen LogP contribution in [0.1, 0.15) is 40.6 Å². The van der Waals surface area contributed by atoms with Gasteiger partial charge in [0.1, 0.15) is 16.0 Å². The first kappa shape index (κ1) is 15.6. The molecule has 0 aromatic carbocycles. The highest BCUT2D eigenvalue weighted by Crippen LogP contribution is 2.42. The summed E-state index contributed by atoms with van der Waals surface area (Å²) in [5.41, 5.74) is 0.983. The molecule has 0 bridgehead atoms. The van der Waals surface area contributed by atoms with Crippen molar-refractivity contribution in [2.75, 3.05) is 0 Å². The van der Waals surface area contributed by atoms with Crippen molar-refractivity contribution in [2.24, 2.45) is 0 Å². The van der Waals surface area contributed by atoms with Crippen LogP contribution in [0, 0.1) is 5.82 Å². The number of carbonyl (C=O) groups excluding carboxylic acids is 1. The zero-order valence-electron chi connectivity index (χ0n) is 12.0. The number of halogens is 3. The molecule has 122 valence electrons. The maximum atomic E-state index is 13.6. The lowest BCUT2D eigenvalue weighted by molar-refractivity contribution is 0.102. The van der Waals surface area contributed by atoms with Gasteiger partial charge in [-0.25, -0.2) is 19.3 Å². The number of aromatic nitrogens is 4. The number of hydrogen-bond donors (Lipinski definition) is 1. The molecule has 0 saturated heterocycles. The van der Waals surface area contributed by atoms with Crippen molar-refractivity contribution in [2.45, 2.75) is 18.8 Å². The summed E-state index contributed by atoms with van der Waals surface area (Å²) in [6, 6.07) is 1.42. The Morgan fingerprint density at radius 1 is 1.33 bits per heavy atom. The average molecular weight is 456 g/mol. The van der Waals surface area contributed by atoms with Crippen molar-refractivity contribution >= 4 is 43.4 Å². The smallest absolute Gasteiger partial charge is 0.234 e. The van der Waals surface area contributed by atoms with E-state index in [-0.39, 0.29) is 33.4 Å². The average Bonchev–Trinajstić information content (AvgIpc) is 3.32. The zero-order valence-corrected chi connectivity index (χ0v) is 15.2. The van der Waals surface area contributed by atoms with Crippen LogP contribution in [0.15, 0.2) is 27.5 Å². The molecule has 6 nitrogen and oxygen atoms in total. The third-order valence-corrected chi connectivity index (χ3v) is 4.95. The number of carbonyl (C=O) groups is 1. The van der Waals surface area contributed by atoms with Gasteiger partial charge in [0.15, 0.2) is 11.6 Å². The van der Waals surface area contributed by atoms with Gasteiger partial charge in [0.2, 0.25) is 11.6 Å². The topological polar surface area (TPSA) is 80.4 Å². The molecule has 0 aliphatic heterocycles. The Balaban J connectivity index is 1.93. The third kappa shape index (κ3) is 2.51. The second-order valence-electron chi connectivity index (χ2n) is 5.52. The van der Waals surface area contributed by atoms with E-state index in [0.29, 0.717) is 10.2 Å². The number of nitrogens with zero attached hydrogens (tertiary/aromatic N) is 4. The number of rotatable bonds is 3. The molecule has 1 saturated carbocycles. The van der Waals surface area contributed by atoms with Gasteiger partial charge in [0, 0.05) is 5.92 Å². The number of aromatic hydroxyl groups is 1. The molecule has 4 rings (SSSR count). The van der Waals surface area contributed by atoms with Gasteiger partial charge in [0.05, 0.1) is 22.6 Å². The summed E-state index contributed by atoms with van der Waals surface area (Å²) in [6.07, 6.45) is 4.13. The molecular weight excluding hydrogens is 447 g/mol. The van der Waals surface area contributed by atoms with Gasteiger partial charge in [-0.3, -0.25) is 9.20 Å². The Morgan fingerprint density at radius 2 is 2.08 bits per heavy atom. The van der Waals surface area contributed by atoms with Crippen LogP contribution in [-0.2, 0) is 0 Å². The standard InChI is InChI=1S/C15H9Br2FN4O2/c16-8-3-9(20-14(17)12(8)23)13(24)11-10(6-1-2-6)21-15-19-4-7(18)5-22(11)15/h3-6,23H,1-2H2. The van der Waals surface area contributed by atoms with Crippen LogP contribution >= 0.6 is 31.9 Å². The first-order valence-electron chi connectivity index (χ1n) is 7.09. The molecule has 0 spiro atoms. The largest absolute Gasteiger partial charge is 0.504 e. The minimum absolute atomic E-state index is 0.0974. The lowest BCUT2D eigenvalue weighted by atomic mass is 10.1. The second kappa shape index (κ2) is 5.59. The molecule has 9 heteroatoms. The molecule has 0 radical (unpaired) electrons. The van der Waals surface area contributed by atoms with E-state index >= 15 is 0 Å². The fourth-order valence-electron chi connectivity index (χ4n) is 2.51. The molecule has 0 unspecified atom stereocenters. The van der Waals surface area contributed by atoms with E-state index < -0.39 is 11.6 Å². The van der Waals surface area contributed by atoms with Crippen LogP contribution < -0.4 is 0 Å². The van der Waals surface area contributed by atoms with E-state index in [1.807, 2.05) is 0 Å². The van der Waals surface area contributed by atoms with Crippen LogP contribution in [0.25, 0.3) is 5.78 Å². The van der Waals surface area contributed by atoms with Crippen molar-refractivity contribution in [3.8, 4) is 5.75 Å². The molecule has 3 aromatic rings. The van der Waals surface area contributed by atoms with Crippen LogP contribution in [0.4, 0.5) is 4.39 Å². The van der Waals surface area contributed by atoms with Gasteiger partial charge in [-0.05, 0) is 50.8 Å². The van der Waals surface area contributed by atoms with Crippen molar-refractivity contribution in [1.82, 2.24) is 19.4 Å². The van der Waals surface area contributed by atoms with Crippen LogP contribution in [0.2, 0.25) is 0 Å². The third-order valence-electron chi connectivity index (χ3n) is 3.79. The molecular formula is C15H9Br2FN4O2. The highest BCUT2D eigenvalue weighted by Gasteiger charge is 2.34. The summed E-state index contributed by atoms with van der Waals surface area (Å²) in [6.45, 7) is 0. The summed E-state index contributed by atoms with van der Waals surface area (Å²) < 4.78 is 15.4. The van der Waals surface area contributed by atoms with Gasteiger partial charge < -0.3 is 5.11 Å². The molecule has 0 atom stereocenters. The Kier molecular flexibility index (Phi) is 3.65. The van der Waals surface area contributed by atoms with Crippen molar-refractivity contribution in [1.29, 1.82) is 0 Å². The summed E-state index contributed by atoms with van der Waals surface area (Å²) in [5, 5.41) is 9.76. The fourth-order valence-corrected chi connectivity index (χ4v) is 3.59. The number of hydrogen-bond acceptors (Lipinski definition) is 5. The molecule has 1 fully saturated rings. The molecule has 1 aliphatic carbocycles. The van der Waals surface area contributed by atoms with Crippen molar-refractivity contribution in [3.05, 3.63) is 50.4 Å². The Hall–Kier alpha value is -1.87. The SMILES string of the molecule is O=C(c1cc(Br)c(O)c(Br)n1)c1c(C2CC2)nc2ncc(F)cn12. The second-order valence-corrected chi connectivity index (χ2v) is 7.13. The predicted octanol–water partition coefficient (Wildman–Crippen LogP) is 3.60. The molecule has 24 heavy (non-hydrogen) atoms. The molecule has 1 aliphatic rings. The summed E-state index contributed by atoms with van der Waals surface area (Å²) >= 11 is 6.29. The van der Waals surface area contributed by atoms with Gasteiger partial charge in [-0.2, -0.15) is 0 Å². The Bertz CT molecular complexity index is 978. The van der Waals surface area contributed by atoms with Gasteiger partial charge in [-0.15, -0.1) is 0 Å². The van der Waals surface area contributed by atoms with Crippen molar-refractivity contribution in [3.63, 3.8) is 0 Å². The zero-order chi connectivity index (χ0) is 17.0. The lowest BCUT2D eigenvalue weighted by Gasteiger charge is -2.06. The van der Waals surface area contributed by atoms with Gasteiger partial charge in [-0.1, -0.05) is 0 Å². The number of pyridine rings is 1. The van der Waals surface area contributed by atoms with E-state index in [9.17, 15) is 14.3 Å². The molecule has 1 N–H and O–H groups in total. The quantitative estimate of drug-likeness (QED) is 0.482. The number of imidazole rings is 1. The molecule has 3 heterocycles. The minimum atomic E-state index is -0.558. The fraction of sp³-hybridized carbons (Fsp3) is 0.200. The highest BCUT2D eigenvalue weighted by molar-refractivity contribution is 9.11. The van der Waals surface area contributed by atoms with E-state index in [1.165, 1.54) is 16.7 Å². The van der Waals surface area contributed by atoms with E-state index in [4.69, 9.17) is 0 Å². The van der Waals surface area contributed by atoms with Crippen molar-refractivity contribution < 1.29 is 14.3 Å². The Morgan fingerprint density at radius 3 is 2.75 bits per heavy atom. The Labute approximate surface area is 152 Å². The van der Waals surface area contributed by atoms with Crippen LogP contribution in [0.3, 0.4) is 0 Å². The number of ketones is 1. The van der Waals surface area contributed by atoms with Gasteiger partial charge in [0.25, 0.3) is 0 Å². The maximum Gasteiger partial charge on any atom is 0.234 e. The normalized spacial score (nSPS) is 14.3. The van der Waals surface area contributed by atoms with E-state index in [2.05, 4.69) is 46.8 Å². The lowest BCUT2D eigenvalue weighted by Crippen LogP contribution is -2.11. The number of fused-ring (bicyclic) bond motifs is 1. The van der Waals surface area contributed by atoms with Crippen LogP contribution in [-0.4, -0.2) is 30.2 Å². The first-order chi connectivity index (χ1) is 11.5. The first-order valence-corrected chi connectivity index (χ1v) is 8.67. The molecule has 0 amide bonds. The summed E-state index contributed by atoms with van der Waals surface area (Å²) in [7, 11) is 0. The van der Waals surface area contributed by atoms with Gasteiger partial charge >= 0.3 is 0 Å². The molecule has 3 aromatic heterocycles. The van der Waals surface area contributed by atoms with E-state index in [1.54, 1.807) is 0 Å². The maximum absolute atomic E-state index is 13.6. The highest BCUT2D eigenvalue weighted by atomic mass is 79.9. The summed E-state index contributed by atoms with van der Waals surface area (Å²) in [5.74, 6) is -0.605. The van der Waals surface area contributed by atoms with Crippen LogP contribution in [0.5, 0.6) is 5.75 Å². The minimum Gasteiger partial charge on any atom is -0.504 e. The predicted molar refractivity (Wildman–Crippen MR) is 89.7 cm³/mol. The monoisotopic (exact) mass is 454 g/mol. The van der Waals surface area contributed by atoms with E-state index in [0.717, 1.165) is 19.0 Å². The summed E-state index contributed by atoms with van der Waals surface area (Å²) in [4.78, 5) is 25.4.